The molecule has 1 aliphatic heterocycles. The van der Waals surface area contributed by atoms with Crippen LogP contribution in [-0.2, 0) is 11.2 Å². The largest absolute Gasteiger partial charge is 0.472 e. The average molecular weight is 383 g/mol. The first-order chi connectivity index (χ1) is 13.7. The highest BCUT2D eigenvalue weighted by Crippen LogP contribution is 2.22. The van der Waals surface area contributed by atoms with E-state index in [9.17, 15) is 9.59 Å². The highest BCUT2D eigenvalue weighted by atomic mass is 16.3. The standard InChI is InChI=1S/C23H30N2O3/c1-2-12-25(23(27)21-11-16-28-18-21)15-10-22(26)24-13-8-20(9-14-24)17-19-6-4-3-5-7-19/h3-7,11,16,18,20H,2,8-10,12-15,17H2,1H3. The number of amides is 2. The molecular weight excluding hydrogens is 352 g/mol. The SMILES string of the molecule is CCCN(CCC(=O)N1CCC(Cc2ccccc2)CC1)C(=O)c1ccoc1. The van der Waals surface area contributed by atoms with Crippen LogP contribution in [0.4, 0.5) is 0 Å². The van der Waals surface area contributed by atoms with Crippen molar-refractivity contribution in [2.45, 2.75) is 39.0 Å². The van der Waals surface area contributed by atoms with Crippen molar-refractivity contribution in [3.05, 3.63) is 60.1 Å². The lowest BCUT2D eigenvalue weighted by Crippen LogP contribution is -2.41. The Morgan fingerprint density at radius 3 is 2.50 bits per heavy atom. The van der Waals surface area contributed by atoms with Gasteiger partial charge < -0.3 is 14.2 Å². The summed E-state index contributed by atoms with van der Waals surface area (Å²) in [5.41, 5.74) is 1.92. The fourth-order valence-corrected chi connectivity index (χ4v) is 3.88. The lowest BCUT2D eigenvalue weighted by molar-refractivity contribution is -0.132. The van der Waals surface area contributed by atoms with Gasteiger partial charge in [-0.2, -0.15) is 0 Å². The molecule has 2 amide bonds. The number of nitrogens with zero attached hydrogens (tertiary/aromatic N) is 2. The van der Waals surface area contributed by atoms with E-state index in [2.05, 4.69) is 24.3 Å². The number of carbonyl (C=O) groups excluding carboxylic acids is 2. The van der Waals surface area contributed by atoms with Gasteiger partial charge in [0.1, 0.15) is 6.26 Å². The minimum absolute atomic E-state index is 0.0648. The summed E-state index contributed by atoms with van der Waals surface area (Å²) in [5.74, 6) is 0.731. The predicted octanol–water partition coefficient (Wildman–Crippen LogP) is 4.00. The molecule has 0 unspecified atom stereocenters. The fraction of sp³-hybridized carbons (Fsp3) is 0.478. The van der Waals surface area contributed by atoms with Crippen molar-refractivity contribution >= 4 is 11.8 Å². The van der Waals surface area contributed by atoms with Crippen molar-refractivity contribution in [2.24, 2.45) is 5.92 Å². The summed E-state index contributed by atoms with van der Waals surface area (Å²) in [5, 5.41) is 0. The monoisotopic (exact) mass is 382 g/mol. The number of furan rings is 1. The van der Waals surface area contributed by atoms with E-state index in [-0.39, 0.29) is 11.8 Å². The van der Waals surface area contributed by atoms with Crippen molar-refractivity contribution in [3.8, 4) is 0 Å². The molecule has 5 nitrogen and oxygen atoms in total. The van der Waals surface area contributed by atoms with Gasteiger partial charge in [0.2, 0.25) is 5.91 Å². The van der Waals surface area contributed by atoms with Gasteiger partial charge in [-0.25, -0.2) is 0 Å². The van der Waals surface area contributed by atoms with Crippen molar-refractivity contribution in [3.63, 3.8) is 0 Å². The molecule has 28 heavy (non-hydrogen) atoms. The normalized spacial score (nSPS) is 14.8. The summed E-state index contributed by atoms with van der Waals surface area (Å²) in [6.07, 6.45) is 7.40. The lowest BCUT2D eigenvalue weighted by atomic mass is 9.90. The van der Waals surface area contributed by atoms with Crippen molar-refractivity contribution in [2.75, 3.05) is 26.2 Å². The van der Waals surface area contributed by atoms with E-state index >= 15 is 0 Å². The minimum atomic E-state index is -0.0648. The van der Waals surface area contributed by atoms with Gasteiger partial charge in [0, 0.05) is 32.6 Å². The Balaban J connectivity index is 1.45. The van der Waals surface area contributed by atoms with Crippen molar-refractivity contribution in [1.29, 1.82) is 0 Å². The molecule has 2 heterocycles. The van der Waals surface area contributed by atoms with Crippen LogP contribution < -0.4 is 0 Å². The molecule has 1 saturated heterocycles. The van der Waals surface area contributed by atoms with E-state index in [0.29, 0.717) is 31.0 Å². The third kappa shape index (κ3) is 5.47. The maximum absolute atomic E-state index is 12.7. The molecule has 0 spiro atoms. The Morgan fingerprint density at radius 1 is 1.11 bits per heavy atom. The molecule has 0 bridgehead atoms. The van der Waals surface area contributed by atoms with Crippen LogP contribution >= 0.6 is 0 Å². The van der Waals surface area contributed by atoms with Crippen LogP contribution in [0.3, 0.4) is 0 Å². The molecule has 0 N–H and O–H groups in total. The second-order valence-electron chi connectivity index (χ2n) is 7.57. The molecule has 3 rings (SSSR count). The zero-order valence-corrected chi connectivity index (χ0v) is 16.7. The molecule has 1 aliphatic rings. The van der Waals surface area contributed by atoms with Gasteiger partial charge in [0.25, 0.3) is 5.91 Å². The number of hydrogen-bond acceptors (Lipinski definition) is 3. The Bertz CT molecular complexity index is 734. The first kappa shape index (κ1) is 20.2. The number of benzene rings is 1. The highest BCUT2D eigenvalue weighted by molar-refractivity contribution is 5.94. The quantitative estimate of drug-likeness (QED) is 0.693. The number of carbonyl (C=O) groups is 2. The van der Waals surface area contributed by atoms with E-state index in [0.717, 1.165) is 38.8 Å². The summed E-state index contributed by atoms with van der Waals surface area (Å²) >= 11 is 0. The second-order valence-corrected chi connectivity index (χ2v) is 7.57. The molecule has 1 aromatic carbocycles. The number of rotatable bonds is 8. The topological polar surface area (TPSA) is 53.8 Å². The fourth-order valence-electron chi connectivity index (χ4n) is 3.88. The summed E-state index contributed by atoms with van der Waals surface area (Å²) in [4.78, 5) is 28.9. The smallest absolute Gasteiger partial charge is 0.257 e. The summed E-state index contributed by atoms with van der Waals surface area (Å²) in [6, 6.07) is 12.2. The Morgan fingerprint density at radius 2 is 1.86 bits per heavy atom. The zero-order valence-electron chi connectivity index (χ0n) is 16.7. The van der Waals surface area contributed by atoms with Gasteiger partial charge in [-0.05, 0) is 43.2 Å². The van der Waals surface area contributed by atoms with E-state index < -0.39 is 0 Å². The van der Waals surface area contributed by atoms with Crippen LogP contribution in [0.15, 0.2) is 53.3 Å². The average Bonchev–Trinajstić information content (AvgIpc) is 3.26. The molecule has 0 saturated carbocycles. The van der Waals surface area contributed by atoms with E-state index in [4.69, 9.17) is 4.42 Å². The first-order valence-electron chi connectivity index (χ1n) is 10.3. The molecule has 150 valence electrons. The zero-order chi connectivity index (χ0) is 19.8. The van der Waals surface area contributed by atoms with Crippen LogP contribution in [0.2, 0.25) is 0 Å². The second kappa shape index (κ2) is 10.1. The molecule has 0 atom stereocenters. The lowest BCUT2D eigenvalue weighted by Gasteiger charge is -2.33. The van der Waals surface area contributed by atoms with E-state index in [1.807, 2.05) is 17.9 Å². The third-order valence-corrected chi connectivity index (χ3v) is 5.48. The summed E-state index contributed by atoms with van der Waals surface area (Å²) in [6.45, 7) is 4.78. The molecule has 1 aromatic heterocycles. The number of piperidine rings is 1. The maximum Gasteiger partial charge on any atom is 0.257 e. The van der Waals surface area contributed by atoms with Crippen LogP contribution in [0.5, 0.6) is 0 Å². The molecule has 5 heteroatoms. The molecule has 0 radical (unpaired) electrons. The Hall–Kier alpha value is -2.56. The van der Waals surface area contributed by atoms with Crippen LogP contribution in [0, 0.1) is 5.92 Å². The van der Waals surface area contributed by atoms with Crippen molar-refractivity contribution in [1.82, 2.24) is 9.80 Å². The van der Waals surface area contributed by atoms with Gasteiger partial charge in [-0.3, -0.25) is 9.59 Å². The molecule has 2 aromatic rings. The Labute approximate surface area is 167 Å². The van der Waals surface area contributed by atoms with Gasteiger partial charge in [-0.15, -0.1) is 0 Å². The van der Waals surface area contributed by atoms with Gasteiger partial charge in [0.05, 0.1) is 11.8 Å². The summed E-state index contributed by atoms with van der Waals surface area (Å²) < 4.78 is 5.01. The van der Waals surface area contributed by atoms with Crippen LogP contribution in [0.25, 0.3) is 0 Å². The molecule has 1 fully saturated rings. The molecular formula is C23H30N2O3. The minimum Gasteiger partial charge on any atom is -0.472 e. The molecule has 0 aliphatic carbocycles. The van der Waals surface area contributed by atoms with Crippen LogP contribution in [0.1, 0.15) is 48.5 Å². The van der Waals surface area contributed by atoms with E-state index in [1.54, 1.807) is 11.0 Å². The first-order valence-corrected chi connectivity index (χ1v) is 10.3. The number of hydrogen-bond donors (Lipinski definition) is 0. The van der Waals surface area contributed by atoms with Gasteiger partial charge in [-0.1, -0.05) is 37.3 Å². The predicted molar refractivity (Wildman–Crippen MR) is 109 cm³/mol. The summed E-state index contributed by atoms with van der Waals surface area (Å²) in [7, 11) is 0. The highest BCUT2D eigenvalue weighted by Gasteiger charge is 2.24. The van der Waals surface area contributed by atoms with Gasteiger partial charge in [0.15, 0.2) is 0 Å². The van der Waals surface area contributed by atoms with Gasteiger partial charge >= 0.3 is 0 Å². The van der Waals surface area contributed by atoms with Crippen LogP contribution in [-0.4, -0.2) is 47.8 Å². The van der Waals surface area contributed by atoms with Crippen molar-refractivity contribution < 1.29 is 14.0 Å². The van der Waals surface area contributed by atoms with E-state index in [1.165, 1.54) is 18.1 Å². The Kier molecular flexibility index (Phi) is 7.29. The number of likely N-dealkylation sites (tertiary alicyclic amines) is 1. The maximum atomic E-state index is 12.7. The third-order valence-electron chi connectivity index (χ3n) is 5.48.